The van der Waals surface area contributed by atoms with E-state index in [-0.39, 0.29) is 40.5 Å². The topological polar surface area (TPSA) is 148 Å². The Balaban J connectivity index is 1.98. The molecular weight excluding hydrogens is 460 g/mol. The predicted octanol–water partition coefficient (Wildman–Crippen LogP) is 4.44. The van der Waals surface area contributed by atoms with Gasteiger partial charge in [0.15, 0.2) is 5.76 Å². The summed E-state index contributed by atoms with van der Waals surface area (Å²) in [4.78, 5) is 38.6. The third kappa shape index (κ3) is 6.38. The van der Waals surface area contributed by atoms with Gasteiger partial charge >= 0.3 is 5.97 Å². The van der Waals surface area contributed by atoms with Crippen LogP contribution in [-0.4, -0.2) is 36.8 Å². The minimum Gasteiger partial charge on any atom is -0.462 e. The van der Waals surface area contributed by atoms with Crippen LogP contribution in [-0.2, 0) is 4.74 Å². The van der Waals surface area contributed by atoms with Crippen LogP contribution in [0.2, 0.25) is 0 Å². The predicted molar refractivity (Wildman–Crippen MR) is 137 cm³/mol. The molecule has 188 valence electrons. The minimum absolute atomic E-state index is 0.0452. The first kappa shape index (κ1) is 26.2. The zero-order valence-electron chi connectivity index (χ0n) is 20.7. The van der Waals surface area contributed by atoms with Crippen molar-refractivity contribution in [2.45, 2.75) is 27.7 Å². The second-order valence-electron chi connectivity index (χ2n) is 9.31. The van der Waals surface area contributed by atoms with Gasteiger partial charge in [-0.25, -0.2) is 4.79 Å². The molecule has 1 aromatic heterocycles. The molecule has 0 bridgehead atoms. The molecule has 9 heteroatoms. The van der Waals surface area contributed by atoms with E-state index in [4.69, 9.17) is 20.3 Å². The number of amides is 2. The number of hydrogen-bond acceptors (Lipinski definition) is 6. The van der Waals surface area contributed by atoms with Crippen LogP contribution in [0.25, 0.3) is 11.3 Å². The van der Waals surface area contributed by atoms with Crippen LogP contribution in [0.4, 0.5) is 5.69 Å². The van der Waals surface area contributed by atoms with Gasteiger partial charge in [-0.3, -0.25) is 15.0 Å². The SMILES string of the molecule is CCOC(=O)c1cc(C(=O)NCC(C)(C)C)oc1-c1ccccc1C(=O)Nc1ccc(C(=N)N)cc1. The van der Waals surface area contributed by atoms with E-state index in [0.29, 0.717) is 23.4 Å². The molecule has 3 aromatic rings. The maximum absolute atomic E-state index is 13.2. The Morgan fingerprint density at radius 1 is 1.00 bits per heavy atom. The van der Waals surface area contributed by atoms with Crippen molar-refractivity contribution in [2.24, 2.45) is 11.1 Å². The number of nitrogen functional groups attached to an aromatic ring is 1. The third-order valence-electron chi connectivity index (χ3n) is 5.10. The Morgan fingerprint density at radius 2 is 1.67 bits per heavy atom. The van der Waals surface area contributed by atoms with Crippen LogP contribution in [0.15, 0.2) is 59.0 Å². The van der Waals surface area contributed by atoms with E-state index in [9.17, 15) is 14.4 Å². The van der Waals surface area contributed by atoms with Crippen molar-refractivity contribution in [1.29, 1.82) is 5.41 Å². The number of anilines is 1. The van der Waals surface area contributed by atoms with Crippen molar-refractivity contribution in [2.75, 3.05) is 18.5 Å². The molecule has 0 unspecified atom stereocenters. The Labute approximate surface area is 209 Å². The Bertz CT molecular complexity index is 1290. The number of amidine groups is 1. The molecule has 9 nitrogen and oxygen atoms in total. The number of nitrogens with two attached hydrogens (primary N) is 1. The molecule has 0 saturated carbocycles. The summed E-state index contributed by atoms with van der Waals surface area (Å²) in [7, 11) is 0. The molecule has 0 aliphatic carbocycles. The van der Waals surface area contributed by atoms with Gasteiger partial charge in [0.05, 0.1) is 12.2 Å². The quantitative estimate of drug-likeness (QED) is 0.208. The van der Waals surface area contributed by atoms with Crippen LogP contribution >= 0.6 is 0 Å². The molecule has 3 rings (SSSR count). The molecule has 0 saturated heterocycles. The maximum atomic E-state index is 13.2. The van der Waals surface area contributed by atoms with Crippen molar-refractivity contribution in [3.63, 3.8) is 0 Å². The van der Waals surface area contributed by atoms with Gasteiger partial charge in [-0.1, -0.05) is 39.0 Å². The van der Waals surface area contributed by atoms with Crippen LogP contribution in [0, 0.1) is 10.8 Å². The second-order valence-corrected chi connectivity index (χ2v) is 9.31. The van der Waals surface area contributed by atoms with Crippen molar-refractivity contribution >= 4 is 29.3 Å². The number of carbonyl (C=O) groups is 3. The zero-order chi connectivity index (χ0) is 26.5. The summed E-state index contributed by atoms with van der Waals surface area (Å²) in [5, 5.41) is 13.1. The summed E-state index contributed by atoms with van der Waals surface area (Å²) in [5.41, 5.74) is 6.96. The molecule has 0 aliphatic heterocycles. The summed E-state index contributed by atoms with van der Waals surface area (Å²) >= 11 is 0. The summed E-state index contributed by atoms with van der Waals surface area (Å²) in [6.45, 7) is 8.15. The van der Waals surface area contributed by atoms with Crippen LogP contribution in [0.5, 0.6) is 0 Å². The fourth-order valence-electron chi connectivity index (χ4n) is 3.31. The van der Waals surface area contributed by atoms with Gasteiger partial charge in [0.1, 0.15) is 17.2 Å². The highest BCUT2D eigenvalue weighted by Crippen LogP contribution is 2.31. The number of nitrogens with one attached hydrogen (secondary N) is 3. The molecule has 36 heavy (non-hydrogen) atoms. The van der Waals surface area contributed by atoms with Crippen LogP contribution in [0.1, 0.15) is 64.5 Å². The minimum atomic E-state index is -0.666. The van der Waals surface area contributed by atoms with E-state index < -0.39 is 17.8 Å². The van der Waals surface area contributed by atoms with Crippen LogP contribution < -0.4 is 16.4 Å². The van der Waals surface area contributed by atoms with Crippen molar-refractivity contribution in [3.8, 4) is 11.3 Å². The molecule has 2 aromatic carbocycles. The average Bonchev–Trinajstić information content (AvgIpc) is 3.28. The summed E-state index contributed by atoms with van der Waals surface area (Å²) < 4.78 is 11.0. The maximum Gasteiger partial charge on any atom is 0.342 e. The van der Waals surface area contributed by atoms with Gasteiger partial charge in [-0.05, 0) is 42.7 Å². The largest absolute Gasteiger partial charge is 0.462 e. The van der Waals surface area contributed by atoms with Gasteiger partial charge in [-0.15, -0.1) is 0 Å². The molecule has 1 heterocycles. The van der Waals surface area contributed by atoms with Gasteiger partial charge in [0.2, 0.25) is 0 Å². The first-order valence-corrected chi connectivity index (χ1v) is 11.4. The highest BCUT2D eigenvalue weighted by Gasteiger charge is 2.27. The fraction of sp³-hybridized carbons (Fsp3) is 0.259. The van der Waals surface area contributed by atoms with Gasteiger partial charge in [0.25, 0.3) is 11.8 Å². The fourth-order valence-corrected chi connectivity index (χ4v) is 3.31. The van der Waals surface area contributed by atoms with Crippen molar-refractivity contribution in [3.05, 3.63) is 77.0 Å². The third-order valence-corrected chi connectivity index (χ3v) is 5.10. The Kier molecular flexibility index (Phi) is 7.93. The number of benzene rings is 2. The summed E-state index contributed by atoms with van der Waals surface area (Å²) in [5.74, 6) is -1.68. The van der Waals surface area contributed by atoms with Gasteiger partial charge < -0.3 is 25.5 Å². The lowest BCUT2D eigenvalue weighted by Gasteiger charge is -2.17. The monoisotopic (exact) mass is 490 g/mol. The smallest absolute Gasteiger partial charge is 0.342 e. The summed E-state index contributed by atoms with van der Waals surface area (Å²) in [6.07, 6.45) is 0. The van der Waals surface area contributed by atoms with Crippen molar-refractivity contribution in [1.82, 2.24) is 5.32 Å². The summed E-state index contributed by atoms with van der Waals surface area (Å²) in [6, 6.07) is 14.4. The number of furan rings is 1. The van der Waals surface area contributed by atoms with E-state index in [1.165, 1.54) is 6.07 Å². The highest BCUT2D eigenvalue weighted by molar-refractivity contribution is 6.10. The molecule has 0 fully saturated rings. The molecule has 2 amide bonds. The molecule has 0 atom stereocenters. The number of rotatable bonds is 8. The number of hydrogen-bond donors (Lipinski definition) is 4. The van der Waals surface area contributed by atoms with E-state index in [1.54, 1.807) is 55.5 Å². The lowest BCUT2D eigenvalue weighted by Crippen LogP contribution is -2.32. The number of ether oxygens (including phenoxy) is 1. The molecule has 0 radical (unpaired) electrons. The number of carbonyl (C=O) groups excluding carboxylic acids is 3. The lowest BCUT2D eigenvalue weighted by molar-refractivity contribution is 0.0526. The van der Waals surface area contributed by atoms with E-state index in [1.807, 2.05) is 20.8 Å². The average molecular weight is 491 g/mol. The zero-order valence-corrected chi connectivity index (χ0v) is 20.7. The second kappa shape index (κ2) is 10.9. The molecular formula is C27H30N4O5. The van der Waals surface area contributed by atoms with E-state index in [0.717, 1.165) is 0 Å². The Morgan fingerprint density at radius 3 is 2.28 bits per heavy atom. The van der Waals surface area contributed by atoms with E-state index in [2.05, 4.69) is 10.6 Å². The van der Waals surface area contributed by atoms with Crippen LogP contribution in [0.3, 0.4) is 0 Å². The highest BCUT2D eigenvalue weighted by atomic mass is 16.5. The number of esters is 1. The lowest BCUT2D eigenvalue weighted by atomic mass is 9.97. The Hall–Kier alpha value is -4.40. The van der Waals surface area contributed by atoms with E-state index >= 15 is 0 Å². The van der Waals surface area contributed by atoms with Gasteiger partial charge in [0, 0.05) is 29.4 Å². The first-order chi connectivity index (χ1) is 17.0. The molecule has 0 aliphatic rings. The first-order valence-electron chi connectivity index (χ1n) is 11.4. The molecule has 0 spiro atoms. The normalized spacial score (nSPS) is 11.0. The van der Waals surface area contributed by atoms with Gasteiger partial charge in [-0.2, -0.15) is 0 Å². The van der Waals surface area contributed by atoms with Crippen molar-refractivity contribution < 1.29 is 23.5 Å². The standard InChI is InChI=1S/C27H30N4O5/c1-5-35-26(34)20-14-21(25(33)30-15-27(2,3)4)36-22(20)18-8-6-7-9-19(18)24(32)31-17-12-10-16(11-13-17)23(28)29/h6-14H,5,15H2,1-4H3,(H3,28,29)(H,30,33)(H,31,32). The molecule has 5 N–H and O–H groups in total.